The van der Waals surface area contributed by atoms with Gasteiger partial charge in [0.25, 0.3) is 0 Å². The maximum Gasteiger partial charge on any atom is 0.329 e. The first-order valence-electron chi connectivity index (χ1n) is 5.77. The zero-order valence-electron chi connectivity index (χ0n) is 10.4. The highest BCUT2D eigenvalue weighted by molar-refractivity contribution is 5.84. The van der Waals surface area contributed by atoms with E-state index in [0.717, 1.165) is 5.56 Å². The van der Waals surface area contributed by atoms with E-state index in [4.69, 9.17) is 4.74 Å². The van der Waals surface area contributed by atoms with Crippen molar-refractivity contribution in [3.05, 3.63) is 29.6 Å². The van der Waals surface area contributed by atoms with Crippen molar-refractivity contribution in [2.24, 2.45) is 0 Å². The molecule has 0 atom stereocenters. The second-order valence-electron chi connectivity index (χ2n) is 4.80. The van der Waals surface area contributed by atoms with Crippen LogP contribution in [0.5, 0.6) is 0 Å². The van der Waals surface area contributed by atoms with Crippen LogP contribution in [0.4, 0.5) is 10.1 Å². The van der Waals surface area contributed by atoms with Crippen LogP contribution in [0.15, 0.2) is 18.2 Å². The highest BCUT2D eigenvalue weighted by Gasteiger charge is 2.51. The highest BCUT2D eigenvalue weighted by atomic mass is 19.1. The molecule has 0 heterocycles. The molecular formula is C13H16FNO3. The molecule has 4 nitrogen and oxygen atoms in total. The molecule has 2 N–H and O–H groups in total. The van der Waals surface area contributed by atoms with E-state index in [1.807, 2.05) is 0 Å². The summed E-state index contributed by atoms with van der Waals surface area (Å²) in [5.74, 6) is -1.31. The van der Waals surface area contributed by atoms with E-state index in [2.05, 4.69) is 5.32 Å². The minimum absolute atomic E-state index is 0.0525. The largest absolute Gasteiger partial charge is 0.480 e. The third-order valence-electron chi connectivity index (χ3n) is 3.32. The predicted octanol–water partition coefficient (Wildman–Crippen LogP) is 2.18. The zero-order chi connectivity index (χ0) is 13.3. The molecule has 0 aromatic heterocycles. The molecule has 0 aliphatic heterocycles. The minimum atomic E-state index is -1.04. The maximum atomic E-state index is 13.3. The van der Waals surface area contributed by atoms with Gasteiger partial charge in [-0.3, -0.25) is 0 Å². The van der Waals surface area contributed by atoms with Crippen molar-refractivity contribution >= 4 is 11.7 Å². The molecule has 0 unspecified atom stereocenters. The molecule has 18 heavy (non-hydrogen) atoms. The Morgan fingerprint density at radius 3 is 2.67 bits per heavy atom. The monoisotopic (exact) mass is 253 g/mol. The number of anilines is 1. The lowest BCUT2D eigenvalue weighted by Gasteiger charge is -2.44. The van der Waals surface area contributed by atoms with Crippen LogP contribution in [0.1, 0.15) is 18.4 Å². The highest BCUT2D eigenvalue weighted by Crippen LogP contribution is 2.37. The maximum absolute atomic E-state index is 13.3. The van der Waals surface area contributed by atoms with Crippen molar-refractivity contribution in [2.75, 3.05) is 12.4 Å². The van der Waals surface area contributed by atoms with Gasteiger partial charge in [0.2, 0.25) is 0 Å². The molecule has 1 aromatic carbocycles. The number of ether oxygens (including phenoxy) is 1. The second kappa shape index (κ2) is 4.57. The van der Waals surface area contributed by atoms with E-state index in [-0.39, 0.29) is 11.9 Å². The molecule has 0 radical (unpaired) electrons. The number of aliphatic carboxylic acids is 1. The van der Waals surface area contributed by atoms with Crippen molar-refractivity contribution in [3.63, 3.8) is 0 Å². The van der Waals surface area contributed by atoms with Crippen LogP contribution >= 0.6 is 0 Å². The fourth-order valence-corrected chi connectivity index (χ4v) is 2.30. The van der Waals surface area contributed by atoms with Crippen molar-refractivity contribution in [2.45, 2.75) is 31.4 Å². The summed E-state index contributed by atoms with van der Waals surface area (Å²) in [6.45, 7) is 1.76. The number of aryl methyl sites for hydroxylation is 1. The molecule has 1 aromatic rings. The normalized spacial score (nSPS) is 26.5. The fourth-order valence-electron chi connectivity index (χ4n) is 2.30. The summed E-state index contributed by atoms with van der Waals surface area (Å²) in [4.78, 5) is 11.3. The van der Waals surface area contributed by atoms with Crippen LogP contribution in [-0.4, -0.2) is 29.8 Å². The number of carboxylic acid groups (broad SMARTS) is 1. The molecule has 0 saturated heterocycles. The lowest BCUT2D eigenvalue weighted by Crippen LogP contribution is -2.59. The molecule has 0 amide bonds. The Labute approximate surface area is 105 Å². The van der Waals surface area contributed by atoms with Gasteiger partial charge in [0.1, 0.15) is 11.4 Å². The summed E-state index contributed by atoms with van der Waals surface area (Å²) in [5.41, 5.74) is 0.200. The lowest BCUT2D eigenvalue weighted by molar-refractivity contribution is -0.151. The van der Waals surface area contributed by atoms with Gasteiger partial charge in [0, 0.05) is 25.6 Å². The van der Waals surface area contributed by atoms with Crippen molar-refractivity contribution in [1.82, 2.24) is 0 Å². The Kier molecular flexibility index (Phi) is 3.26. The van der Waals surface area contributed by atoms with E-state index >= 15 is 0 Å². The topological polar surface area (TPSA) is 58.6 Å². The number of hydrogen-bond donors (Lipinski definition) is 2. The van der Waals surface area contributed by atoms with Crippen molar-refractivity contribution in [3.8, 4) is 0 Å². The summed E-state index contributed by atoms with van der Waals surface area (Å²) in [5, 5.41) is 12.2. The second-order valence-corrected chi connectivity index (χ2v) is 4.80. The molecule has 1 aliphatic rings. The SMILES string of the molecule is COC1CC(Nc2cc(C)cc(F)c2)(C(=O)O)C1. The number of rotatable bonds is 4. The van der Waals surface area contributed by atoms with Crippen LogP contribution in [0.25, 0.3) is 0 Å². The number of benzene rings is 1. The zero-order valence-corrected chi connectivity index (χ0v) is 10.4. The van der Waals surface area contributed by atoms with E-state index in [1.54, 1.807) is 20.1 Å². The number of methoxy groups -OCH3 is 1. The molecule has 0 spiro atoms. The number of halogens is 1. The molecule has 1 fully saturated rings. The average molecular weight is 253 g/mol. The van der Waals surface area contributed by atoms with Crippen molar-refractivity contribution in [1.29, 1.82) is 0 Å². The number of hydrogen-bond acceptors (Lipinski definition) is 3. The molecule has 2 rings (SSSR count). The van der Waals surface area contributed by atoms with E-state index < -0.39 is 11.5 Å². The van der Waals surface area contributed by atoms with Gasteiger partial charge < -0.3 is 15.2 Å². The van der Waals surface area contributed by atoms with Gasteiger partial charge in [0.05, 0.1) is 6.10 Å². The number of carbonyl (C=O) groups is 1. The molecule has 1 saturated carbocycles. The van der Waals surface area contributed by atoms with Gasteiger partial charge in [-0.05, 0) is 30.7 Å². The Hall–Kier alpha value is -1.62. The van der Waals surface area contributed by atoms with Crippen LogP contribution in [0.3, 0.4) is 0 Å². The van der Waals surface area contributed by atoms with Gasteiger partial charge >= 0.3 is 5.97 Å². The van der Waals surface area contributed by atoms with Crippen LogP contribution < -0.4 is 5.32 Å². The Balaban J connectivity index is 2.18. The predicted molar refractivity (Wildman–Crippen MR) is 65.2 cm³/mol. The molecule has 98 valence electrons. The van der Waals surface area contributed by atoms with Gasteiger partial charge in [0.15, 0.2) is 0 Å². The van der Waals surface area contributed by atoms with Crippen LogP contribution in [0.2, 0.25) is 0 Å². The fraction of sp³-hybridized carbons (Fsp3) is 0.462. The first-order valence-corrected chi connectivity index (χ1v) is 5.77. The van der Waals surface area contributed by atoms with Crippen molar-refractivity contribution < 1.29 is 19.0 Å². The third-order valence-corrected chi connectivity index (χ3v) is 3.32. The number of carboxylic acids is 1. The Morgan fingerprint density at radius 1 is 1.50 bits per heavy atom. The van der Waals surface area contributed by atoms with Crippen LogP contribution in [-0.2, 0) is 9.53 Å². The average Bonchev–Trinajstić information content (AvgIpc) is 2.20. The van der Waals surface area contributed by atoms with E-state index in [1.165, 1.54) is 12.1 Å². The van der Waals surface area contributed by atoms with Gasteiger partial charge in [-0.2, -0.15) is 0 Å². The summed E-state index contributed by atoms with van der Waals surface area (Å²) in [6, 6.07) is 4.43. The quantitative estimate of drug-likeness (QED) is 0.863. The standard InChI is InChI=1S/C13H16FNO3/c1-8-3-9(14)5-10(4-8)15-13(12(16)17)6-11(7-13)18-2/h3-5,11,15H,6-7H2,1-2H3,(H,16,17). The van der Waals surface area contributed by atoms with Gasteiger partial charge in [-0.15, -0.1) is 0 Å². The van der Waals surface area contributed by atoms with E-state index in [0.29, 0.717) is 18.5 Å². The molecule has 1 aliphatic carbocycles. The Bertz CT molecular complexity index is 449. The summed E-state index contributed by atoms with van der Waals surface area (Å²) in [7, 11) is 1.56. The Morgan fingerprint density at radius 2 is 2.17 bits per heavy atom. The van der Waals surface area contributed by atoms with Gasteiger partial charge in [-0.1, -0.05) is 0 Å². The van der Waals surface area contributed by atoms with E-state index in [9.17, 15) is 14.3 Å². The summed E-state index contributed by atoms with van der Waals surface area (Å²) in [6.07, 6.45) is 0.714. The van der Waals surface area contributed by atoms with Gasteiger partial charge in [-0.25, -0.2) is 9.18 Å². The van der Waals surface area contributed by atoms with Crippen LogP contribution in [0, 0.1) is 12.7 Å². The molecule has 5 heteroatoms. The smallest absolute Gasteiger partial charge is 0.329 e. The first-order chi connectivity index (χ1) is 8.45. The molecule has 0 bridgehead atoms. The summed E-state index contributed by atoms with van der Waals surface area (Å²) >= 11 is 0. The minimum Gasteiger partial charge on any atom is -0.480 e. The summed E-state index contributed by atoms with van der Waals surface area (Å²) < 4.78 is 18.4. The molecular weight excluding hydrogens is 237 g/mol. The number of nitrogens with one attached hydrogen (secondary N) is 1. The third kappa shape index (κ3) is 2.31. The lowest BCUT2D eigenvalue weighted by atomic mass is 9.74. The first kappa shape index (κ1) is 12.8.